The SMILES string of the molecule is Cc1ccccc1-n1cc(-c2ccc3[se]c4ccccc4c3c2)cn1. The number of benzene rings is 3. The van der Waals surface area contributed by atoms with E-state index < -0.39 is 0 Å². The molecular formula is C22H16N2Se. The first kappa shape index (κ1) is 14.7. The molecule has 0 saturated heterocycles. The van der Waals surface area contributed by atoms with Crippen molar-refractivity contribution < 1.29 is 0 Å². The second-order valence-corrected chi connectivity index (χ2v) is 8.54. The van der Waals surface area contributed by atoms with Crippen molar-refractivity contribution in [1.29, 1.82) is 0 Å². The maximum absolute atomic E-state index is 4.58. The summed E-state index contributed by atoms with van der Waals surface area (Å²) in [6, 6.07) is 23.9. The van der Waals surface area contributed by atoms with Crippen LogP contribution in [-0.4, -0.2) is 24.3 Å². The fraction of sp³-hybridized carbons (Fsp3) is 0.0455. The van der Waals surface area contributed by atoms with Crippen LogP contribution < -0.4 is 0 Å². The number of nitrogens with zero attached hydrogens (tertiary/aromatic N) is 2. The summed E-state index contributed by atoms with van der Waals surface area (Å²) in [6.07, 6.45) is 4.08. The quantitative estimate of drug-likeness (QED) is 0.380. The Bertz CT molecular complexity index is 1210. The third kappa shape index (κ3) is 2.44. The van der Waals surface area contributed by atoms with Crippen molar-refractivity contribution in [2.45, 2.75) is 6.92 Å². The van der Waals surface area contributed by atoms with E-state index in [0.29, 0.717) is 14.5 Å². The Labute approximate surface area is 152 Å². The van der Waals surface area contributed by atoms with E-state index in [1.165, 1.54) is 30.4 Å². The van der Waals surface area contributed by atoms with Crippen LogP contribution >= 0.6 is 0 Å². The molecule has 0 amide bonds. The van der Waals surface area contributed by atoms with Gasteiger partial charge in [-0.1, -0.05) is 0 Å². The molecule has 0 radical (unpaired) electrons. The summed E-state index contributed by atoms with van der Waals surface area (Å²) >= 11 is 0.426. The second kappa shape index (κ2) is 5.73. The molecule has 0 fully saturated rings. The standard InChI is InChI=1S/C22H16N2Se/c1-15-6-2-4-8-20(15)24-14-17(13-23-24)16-10-11-22-19(12-16)18-7-3-5-9-21(18)25-22/h2-14H,1H3. The zero-order chi connectivity index (χ0) is 16.8. The predicted octanol–water partition coefficient (Wildman–Crippen LogP) is 5.21. The molecule has 0 bridgehead atoms. The van der Waals surface area contributed by atoms with Gasteiger partial charge in [0.05, 0.1) is 0 Å². The molecule has 3 heteroatoms. The molecule has 5 rings (SSSR count). The van der Waals surface area contributed by atoms with Crippen molar-refractivity contribution in [3.05, 3.63) is 84.7 Å². The number of fused-ring (bicyclic) bond motifs is 3. The van der Waals surface area contributed by atoms with Crippen molar-refractivity contribution in [1.82, 2.24) is 9.78 Å². The van der Waals surface area contributed by atoms with E-state index in [1.807, 2.05) is 10.9 Å². The summed E-state index contributed by atoms with van der Waals surface area (Å²) in [7, 11) is 0. The number of aromatic nitrogens is 2. The van der Waals surface area contributed by atoms with Crippen molar-refractivity contribution in [2.24, 2.45) is 0 Å². The van der Waals surface area contributed by atoms with E-state index in [1.54, 1.807) is 0 Å². The summed E-state index contributed by atoms with van der Waals surface area (Å²) in [5, 5.41) is 7.36. The Morgan fingerprint density at radius 3 is 2.52 bits per heavy atom. The molecule has 120 valence electrons. The Hall–Kier alpha value is -2.61. The van der Waals surface area contributed by atoms with Crippen molar-refractivity contribution in [3.63, 3.8) is 0 Å². The Kier molecular flexibility index (Phi) is 3.37. The number of hydrogen-bond donors (Lipinski definition) is 0. The van der Waals surface area contributed by atoms with E-state index >= 15 is 0 Å². The average Bonchev–Trinajstić information content (AvgIpc) is 3.26. The third-order valence-electron chi connectivity index (χ3n) is 4.65. The number of rotatable bonds is 2. The van der Waals surface area contributed by atoms with Gasteiger partial charge in [-0.25, -0.2) is 0 Å². The van der Waals surface area contributed by atoms with Gasteiger partial charge in [0.2, 0.25) is 0 Å². The summed E-state index contributed by atoms with van der Waals surface area (Å²) in [6.45, 7) is 2.12. The summed E-state index contributed by atoms with van der Waals surface area (Å²) in [5.74, 6) is 0. The van der Waals surface area contributed by atoms with Crippen LogP contribution in [0.1, 0.15) is 5.56 Å². The molecule has 2 aromatic heterocycles. The first-order valence-corrected chi connectivity index (χ1v) is 10.0. The molecule has 2 heterocycles. The first-order valence-electron chi connectivity index (χ1n) is 8.32. The van der Waals surface area contributed by atoms with Crippen LogP contribution in [0.5, 0.6) is 0 Å². The first-order chi connectivity index (χ1) is 12.3. The Morgan fingerprint density at radius 2 is 1.60 bits per heavy atom. The molecule has 5 aromatic rings. The fourth-order valence-corrected chi connectivity index (χ4v) is 5.61. The normalized spacial score (nSPS) is 11.4. The van der Waals surface area contributed by atoms with Crippen LogP contribution in [0.25, 0.3) is 36.1 Å². The van der Waals surface area contributed by atoms with Gasteiger partial charge in [0, 0.05) is 0 Å². The van der Waals surface area contributed by atoms with Crippen LogP contribution in [-0.2, 0) is 0 Å². The maximum atomic E-state index is 4.58. The van der Waals surface area contributed by atoms with Crippen molar-refractivity contribution in [2.75, 3.05) is 0 Å². The van der Waals surface area contributed by atoms with Crippen molar-refractivity contribution in [3.8, 4) is 16.8 Å². The van der Waals surface area contributed by atoms with Crippen LogP contribution in [0.15, 0.2) is 79.1 Å². The van der Waals surface area contributed by atoms with E-state index in [-0.39, 0.29) is 0 Å². The molecule has 0 spiro atoms. The monoisotopic (exact) mass is 388 g/mol. The number of hydrogen-bond acceptors (Lipinski definition) is 1. The van der Waals surface area contributed by atoms with Crippen LogP contribution in [0.2, 0.25) is 0 Å². The van der Waals surface area contributed by atoms with E-state index in [4.69, 9.17) is 0 Å². The molecule has 0 unspecified atom stereocenters. The minimum absolute atomic E-state index is 0.426. The van der Waals surface area contributed by atoms with Gasteiger partial charge >= 0.3 is 152 Å². The molecule has 0 aliphatic heterocycles. The minimum atomic E-state index is 0.426. The molecular weight excluding hydrogens is 371 g/mol. The van der Waals surface area contributed by atoms with Crippen molar-refractivity contribution >= 4 is 33.8 Å². The van der Waals surface area contributed by atoms with E-state index in [9.17, 15) is 0 Å². The van der Waals surface area contributed by atoms with Gasteiger partial charge in [-0.15, -0.1) is 0 Å². The van der Waals surface area contributed by atoms with Crippen LogP contribution in [0.3, 0.4) is 0 Å². The summed E-state index contributed by atoms with van der Waals surface area (Å²) in [5.41, 5.74) is 4.74. The fourth-order valence-electron chi connectivity index (χ4n) is 3.33. The molecule has 0 aliphatic carbocycles. The number of para-hydroxylation sites is 1. The topological polar surface area (TPSA) is 17.8 Å². The average molecular weight is 387 g/mol. The molecule has 0 aliphatic rings. The van der Waals surface area contributed by atoms with Gasteiger partial charge in [-0.05, 0) is 0 Å². The van der Waals surface area contributed by atoms with Gasteiger partial charge in [0.25, 0.3) is 0 Å². The van der Waals surface area contributed by atoms with Gasteiger partial charge in [0.1, 0.15) is 0 Å². The number of aryl methyl sites for hydroxylation is 1. The molecule has 25 heavy (non-hydrogen) atoms. The van der Waals surface area contributed by atoms with E-state index in [0.717, 1.165) is 11.3 Å². The van der Waals surface area contributed by atoms with Gasteiger partial charge in [-0.2, -0.15) is 0 Å². The summed E-state index contributed by atoms with van der Waals surface area (Å²) in [4.78, 5) is 0. The van der Waals surface area contributed by atoms with Crippen LogP contribution in [0, 0.1) is 6.92 Å². The molecule has 0 saturated carbocycles. The predicted molar refractivity (Wildman–Crippen MR) is 106 cm³/mol. The van der Waals surface area contributed by atoms with Gasteiger partial charge in [0.15, 0.2) is 0 Å². The zero-order valence-electron chi connectivity index (χ0n) is 13.8. The Balaban J connectivity index is 1.64. The van der Waals surface area contributed by atoms with Gasteiger partial charge in [-0.3, -0.25) is 0 Å². The summed E-state index contributed by atoms with van der Waals surface area (Å²) < 4.78 is 4.93. The molecule has 0 N–H and O–H groups in total. The zero-order valence-corrected chi connectivity index (χ0v) is 15.5. The Morgan fingerprint density at radius 1 is 0.800 bits per heavy atom. The molecule has 2 nitrogen and oxygen atoms in total. The second-order valence-electron chi connectivity index (χ2n) is 6.27. The third-order valence-corrected chi connectivity index (χ3v) is 7.07. The van der Waals surface area contributed by atoms with Gasteiger partial charge < -0.3 is 0 Å². The van der Waals surface area contributed by atoms with Crippen LogP contribution in [0.4, 0.5) is 0 Å². The van der Waals surface area contributed by atoms with E-state index in [2.05, 4.69) is 84.9 Å². The molecule has 0 atom stereocenters. The molecule has 3 aromatic carbocycles.